The van der Waals surface area contributed by atoms with Gasteiger partial charge in [-0.05, 0) is 74.4 Å². The highest BCUT2D eigenvalue weighted by Crippen LogP contribution is 2.53. The Morgan fingerprint density at radius 2 is 2.09 bits per heavy atom. The van der Waals surface area contributed by atoms with Crippen molar-refractivity contribution in [3.8, 4) is 5.75 Å². The molecule has 0 radical (unpaired) electrons. The van der Waals surface area contributed by atoms with Crippen molar-refractivity contribution < 1.29 is 4.74 Å². The van der Waals surface area contributed by atoms with E-state index in [0.717, 1.165) is 11.7 Å². The van der Waals surface area contributed by atoms with E-state index in [0.29, 0.717) is 11.5 Å². The molecule has 0 saturated heterocycles. The van der Waals surface area contributed by atoms with Crippen LogP contribution in [0.2, 0.25) is 0 Å². The van der Waals surface area contributed by atoms with Gasteiger partial charge in [-0.3, -0.25) is 0 Å². The summed E-state index contributed by atoms with van der Waals surface area (Å²) in [5.74, 6) is 2.09. The third-order valence-corrected chi connectivity index (χ3v) is 6.28. The molecular weight excluding hydrogens is 280 g/mol. The average molecular weight is 311 g/mol. The zero-order valence-corrected chi connectivity index (χ0v) is 15.6. The first-order valence-electron chi connectivity index (χ1n) is 9.44. The first-order valence-corrected chi connectivity index (χ1v) is 9.44. The van der Waals surface area contributed by atoms with Crippen molar-refractivity contribution in [3.63, 3.8) is 0 Å². The summed E-state index contributed by atoms with van der Waals surface area (Å²) >= 11 is 0. The zero-order chi connectivity index (χ0) is 16.6. The molecule has 4 heteroatoms. The molecule has 0 aliphatic heterocycles. The van der Waals surface area contributed by atoms with Gasteiger partial charge in [-0.1, -0.05) is 25.8 Å². The van der Waals surface area contributed by atoms with Crippen LogP contribution in [0.4, 0.5) is 0 Å². The Bertz CT molecular complexity index is 560. The number of rotatable bonds is 4. The fraction of sp³-hybridized carbons (Fsp3) is 0.684. The van der Waals surface area contributed by atoms with Crippen LogP contribution in [0, 0.1) is 5.92 Å². The van der Waals surface area contributed by atoms with Crippen molar-refractivity contribution in [2.75, 3.05) is 14.1 Å². The van der Waals surface area contributed by atoms with Gasteiger partial charge in [-0.25, -0.2) is 0 Å². The van der Waals surface area contributed by atoms with Crippen LogP contribution in [0.5, 0.6) is 5.75 Å². The van der Waals surface area contributed by atoms with Gasteiger partial charge >= 0.3 is 0 Å². The summed E-state index contributed by atoms with van der Waals surface area (Å²) in [6.07, 6.45) is 7.94. The molecular formula is C19H31B2NO. The molecule has 0 bridgehead atoms. The zero-order valence-electron chi connectivity index (χ0n) is 15.6. The summed E-state index contributed by atoms with van der Waals surface area (Å²) in [4.78, 5) is 2.47. The van der Waals surface area contributed by atoms with E-state index in [2.05, 4.69) is 59.8 Å². The molecule has 0 N–H and O–H groups in total. The van der Waals surface area contributed by atoms with Crippen molar-refractivity contribution in [2.45, 2.75) is 62.8 Å². The van der Waals surface area contributed by atoms with Gasteiger partial charge in [-0.2, -0.15) is 0 Å². The Hall–Kier alpha value is -0.890. The van der Waals surface area contributed by atoms with Crippen LogP contribution in [-0.2, 0) is 11.8 Å². The standard InChI is InChI=1S/C19H31B2NO/c1-4-19-10-6-5-7-15(19)17(22(2)3)11-13-8-9-14(12-16(13)19)23-18(20)21/h8-9,12,15,17-18H,4-7,10-11,20-21H2,1-3H3/t15?,17-,19+/m0/s1. The first-order chi connectivity index (χ1) is 11.0. The Morgan fingerprint density at radius 1 is 1.30 bits per heavy atom. The van der Waals surface area contributed by atoms with Crippen LogP contribution in [0.3, 0.4) is 0 Å². The van der Waals surface area contributed by atoms with Gasteiger partial charge in [0.2, 0.25) is 0 Å². The predicted octanol–water partition coefficient (Wildman–Crippen LogP) is 1.94. The van der Waals surface area contributed by atoms with E-state index >= 15 is 0 Å². The molecule has 124 valence electrons. The van der Waals surface area contributed by atoms with Gasteiger partial charge in [0.1, 0.15) is 21.4 Å². The smallest absolute Gasteiger partial charge is 0.142 e. The fourth-order valence-electron chi connectivity index (χ4n) is 5.24. The van der Waals surface area contributed by atoms with E-state index < -0.39 is 0 Å². The van der Waals surface area contributed by atoms with E-state index in [-0.39, 0.29) is 5.90 Å². The summed E-state index contributed by atoms with van der Waals surface area (Å²) in [6, 6.07) is 7.58. The molecule has 0 aromatic heterocycles. The van der Waals surface area contributed by atoms with E-state index in [4.69, 9.17) is 4.74 Å². The molecule has 1 aromatic rings. The Labute approximate surface area is 143 Å². The highest BCUT2D eigenvalue weighted by molar-refractivity contribution is 6.34. The number of hydrogen-bond acceptors (Lipinski definition) is 2. The summed E-state index contributed by atoms with van der Waals surface area (Å²) in [5.41, 5.74) is 3.51. The minimum absolute atomic E-state index is 0.242. The van der Waals surface area contributed by atoms with E-state index in [9.17, 15) is 0 Å². The molecule has 1 fully saturated rings. The monoisotopic (exact) mass is 311 g/mol. The largest absolute Gasteiger partial charge is 0.508 e. The highest BCUT2D eigenvalue weighted by atomic mass is 16.5. The normalized spacial score (nSPS) is 30.1. The molecule has 3 rings (SSSR count). The van der Waals surface area contributed by atoms with Crippen molar-refractivity contribution >= 4 is 15.7 Å². The lowest BCUT2D eigenvalue weighted by molar-refractivity contribution is 0.0681. The maximum atomic E-state index is 6.01. The molecule has 1 saturated carbocycles. The quantitative estimate of drug-likeness (QED) is 0.788. The lowest BCUT2D eigenvalue weighted by atomic mass is 9.54. The number of benzene rings is 1. The highest BCUT2D eigenvalue weighted by Gasteiger charge is 2.49. The predicted molar refractivity (Wildman–Crippen MR) is 103 cm³/mol. The molecule has 2 aliphatic carbocycles. The Kier molecular flexibility index (Phi) is 4.82. The van der Waals surface area contributed by atoms with Crippen LogP contribution in [0.25, 0.3) is 0 Å². The Balaban J connectivity index is 2.08. The van der Waals surface area contributed by atoms with Crippen molar-refractivity contribution in [2.24, 2.45) is 5.92 Å². The van der Waals surface area contributed by atoms with Gasteiger partial charge < -0.3 is 9.64 Å². The van der Waals surface area contributed by atoms with Crippen molar-refractivity contribution in [1.29, 1.82) is 0 Å². The van der Waals surface area contributed by atoms with E-state index in [1.54, 1.807) is 11.1 Å². The number of hydrogen-bond donors (Lipinski definition) is 0. The molecule has 23 heavy (non-hydrogen) atoms. The molecule has 1 aromatic carbocycles. The first kappa shape index (κ1) is 16.9. The van der Waals surface area contributed by atoms with Crippen molar-refractivity contribution in [3.05, 3.63) is 29.3 Å². The SMILES string of the molecule is BC(B)Oc1ccc2c(c1)[C@]1(CC)CCCCC1[C@@H](N(C)C)C2. The third kappa shape index (κ3) is 2.95. The van der Waals surface area contributed by atoms with E-state index in [1.807, 2.05) is 0 Å². The maximum Gasteiger partial charge on any atom is 0.142 e. The molecule has 2 nitrogen and oxygen atoms in total. The molecule has 2 aliphatic rings. The van der Waals surface area contributed by atoms with Crippen LogP contribution in [0.1, 0.15) is 50.2 Å². The fourth-order valence-corrected chi connectivity index (χ4v) is 5.24. The molecule has 0 amide bonds. The topological polar surface area (TPSA) is 12.5 Å². The molecule has 0 heterocycles. The third-order valence-electron chi connectivity index (χ3n) is 6.28. The van der Waals surface area contributed by atoms with Gasteiger partial charge in [0, 0.05) is 11.9 Å². The van der Waals surface area contributed by atoms with Gasteiger partial charge in [0.15, 0.2) is 0 Å². The summed E-state index contributed by atoms with van der Waals surface area (Å²) < 4.78 is 6.01. The average Bonchev–Trinajstić information content (AvgIpc) is 2.53. The van der Waals surface area contributed by atoms with Crippen LogP contribution < -0.4 is 4.74 Å². The second-order valence-electron chi connectivity index (χ2n) is 8.08. The minimum atomic E-state index is 0.242. The van der Waals surface area contributed by atoms with Crippen LogP contribution in [-0.4, -0.2) is 46.6 Å². The van der Waals surface area contributed by atoms with Crippen LogP contribution >= 0.6 is 0 Å². The second kappa shape index (κ2) is 6.55. The molecule has 3 atom stereocenters. The van der Waals surface area contributed by atoms with Gasteiger partial charge in [0.25, 0.3) is 0 Å². The number of fused-ring (bicyclic) bond motifs is 3. The number of nitrogens with zero attached hydrogens (tertiary/aromatic N) is 1. The minimum Gasteiger partial charge on any atom is -0.508 e. The maximum absolute atomic E-state index is 6.01. The summed E-state index contributed by atoms with van der Waals surface area (Å²) in [5, 5.41) is 0. The van der Waals surface area contributed by atoms with Crippen molar-refractivity contribution in [1.82, 2.24) is 4.90 Å². The molecule has 1 unspecified atom stereocenters. The lowest BCUT2D eigenvalue weighted by Crippen LogP contribution is -2.53. The summed E-state index contributed by atoms with van der Waals surface area (Å²) in [7, 11) is 8.75. The van der Waals surface area contributed by atoms with Crippen LogP contribution in [0.15, 0.2) is 18.2 Å². The number of ether oxygens (including phenoxy) is 1. The Morgan fingerprint density at radius 3 is 2.74 bits per heavy atom. The second-order valence-corrected chi connectivity index (χ2v) is 8.08. The number of likely N-dealkylation sites (N-methyl/N-ethyl adjacent to an activating group) is 1. The van der Waals surface area contributed by atoms with Gasteiger partial charge in [0.05, 0.1) is 0 Å². The molecule has 0 spiro atoms. The van der Waals surface area contributed by atoms with E-state index in [1.165, 1.54) is 38.5 Å². The summed E-state index contributed by atoms with van der Waals surface area (Å²) in [6.45, 7) is 2.40. The lowest BCUT2D eigenvalue weighted by Gasteiger charge is -2.53. The van der Waals surface area contributed by atoms with Gasteiger partial charge in [-0.15, -0.1) is 0 Å².